The predicted molar refractivity (Wildman–Crippen MR) is 94.0 cm³/mol. The zero-order valence-electron chi connectivity index (χ0n) is 13.3. The summed E-state index contributed by atoms with van der Waals surface area (Å²) in [6, 6.07) is 17.5. The van der Waals surface area contributed by atoms with Crippen LogP contribution in [-0.4, -0.2) is 10.9 Å². The van der Waals surface area contributed by atoms with Gasteiger partial charge >= 0.3 is 0 Å². The fourth-order valence-electron chi connectivity index (χ4n) is 2.40. The van der Waals surface area contributed by atoms with E-state index < -0.39 is 0 Å². The Balaban J connectivity index is 1.66. The second-order valence-electron chi connectivity index (χ2n) is 5.47. The molecule has 1 N–H and O–H groups in total. The number of amides is 1. The molecule has 0 radical (unpaired) electrons. The molecule has 0 saturated heterocycles. The van der Waals surface area contributed by atoms with Crippen molar-refractivity contribution in [2.45, 2.75) is 13.0 Å². The Morgan fingerprint density at radius 1 is 1.17 bits per heavy atom. The highest BCUT2D eigenvalue weighted by Crippen LogP contribution is 2.22. The molecule has 0 spiro atoms. The summed E-state index contributed by atoms with van der Waals surface area (Å²) in [5.41, 5.74) is 2.93. The first-order chi connectivity index (χ1) is 11.7. The largest absolute Gasteiger partial charge is 0.444 e. The first kappa shape index (κ1) is 15.7. The molecule has 4 heteroatoms. The normalized spacial score (nSPS) is 12.2. The predicted octanol–water partition coefficient (Wildman–Crippen LogP) is 4.23. The van der Waals surface area contributed by atoms with Gasteiger partial charge in [0.1, 0.15) is 0 Å². The Labute approximate surface area is 140 Å². The SMILES string of the molecule is C[C@H](NC(=O)/C=C\c1ccccc1)c1cccc(-c2cnco2)c1. The van der Waals surface area contributed by atoms with Crippen LogP contribution in [0.2, 0.25) is 0 Å². The molecule has 0 bridgehead atoms. The molecule has 4 nitrogen and oxygen atoms in total. The number of rotatable bonds is 5. The number of carbonyl (C=O) groups is 1. The van der Waals surface area contributed by atoms with Gasteiger partial charge in [0, 0.05) is 11.6 Å². The number of aromatic nitrogens is 1. The lowest BCUT2D eigenvalue weighted by Gasteiger charge is -2.13. The standard InChI is InChI=1S/C20H18N2O2/c1-15(22-20(23)11-10-16-6-3-2-4-7-16)17-8-5-9-18(12-17)19-13-21-14-24-19/h2-15H,1H3,(H,22,23)/b11-10-/t15-/m0/s1. The molecule has 2 aromatic carbocycles. The number of hydrogen-bond acceptors (Lipinski definition) is 3. The van der Waals surface area contributed by atoms with Crippen LogP contribution in [0, 0.1) is 0 Å². The van der Waals surface area contributed by atoms with E-state index in [0.29, 0.717) is 5.76 Å². The van der Waals surface area contributed by atoms with E-state index in [4.69, 9.17) is 4.42 Å². The Bertz CT molecular complexity index is 824. The number of nitrogens with zero attached hydrogens (tertiary/aromatic N) is 1. The lowest BCUT2D eigenvalue weighted by molar-refractivity contribution is -0.117. The summed E-state index contributed by atoms with van der Waals surface area (Å²) >= 11 is 0. The van der Waals surface area contributed by atoms with Crippen LogP contribution in [0.25, 0.3) is 17.4 Å². The number of hydrogen-bond donors (Lipinski definition) is 1. The molecule has 1 aromatic heterocycles. The van der Waals surface area contributed by atoms with E-state index in [1.807, 2.05) is 61.5 Å². The third-order valence-electron chi connectivity index (χ3n) is 3.69. The van der Waals surface area contributed by atoms with E-state index in [1.165, 1.54) is 6.39 Å². The monoisotopic (exact) mass is 318 g/mol. The number of carbonyl (C=O) groups excluding carboxylic acids is 1. The Kier molecular flexibility index (Phi) is 4.87. The fourth-order valence-corrected chi connectivity index (χ4v) is 2.40. The molecule has 0 fully saturated rings. The Morgan fingerprint density at radius 3 is 2.75 bits per heavy atom. The van der Waals surface area contributed by atoms with Crippen molar-refractivity contribution >= 4 is 12.0 Å². The maximum Gasteiger partial charge on any atom is 0.244 e. The maximum atomic E-state index is 12.1. The summed E-state index contributed by atoms with van der Waals surface area (Å²) in [4.78, 5) is 16.0. The first-order valence-corrected chi connectivity index (χ1v) is 7.75. The van der Waals surface area contributed by atoms with E-state index in [9.17, 15) is 4.79 Å². The van der Waals surface area contributed by atoms with Gasteiger partial charge in [0.25, 0.3) is 0 Å². The molecular formula is C20H18N2O2. The fraction of sp³-hybridized carbons (Fsp3) is 0.100. The zero-order valence-corrected chi connectivity index (χ0v) is 13.3. The highest BCUT2D eigenvalue weighted by molar-refractivity contribution is 5.92. The molecule has 0 aliphatic carbocycles. The molecule has 24 heavy (non-hydrogen) atoms. The molecule has 0 unspecified atom stereocenters. The van der Waals surface area contributed by atoms with Crippen molar-refractivity contribution in [1.29, 1.82) is 0 Å². The Morgan fingerprint density at radius 2 is 2.00 bits per heavy atom. The van der Waals surface area contributed by atoms with Crippen LogP contribution in [0.3, 0.4) is 0 Å². The highest BCUT2D eigenvalue weighted by atomic mass is 16.3. The van der Waals surface area contributed by atoms with E-state index in [0.717, 1.165) is 16.7 Å². The van der Waals surface area contributed by atoms with Crippen LogP contribution in [0.1, 0.15) is 24.1 Å². The van der Waals surface area contributed by atoms with Gasteiger partial charge in [-0.1, -0.05) is 48.5 Å². The van der Waals surface area contributed by atoms with Gasteiger partial charge in [0.05, 0.1) is 12.2 Å². The molecule has 0 saturated carbocycles. The quantitative estimate of drug-likeness (QED) is 0.716. The van der Waals surface area contributed by atoms with Crippen molar-refractivity contribution in [3.63, 3.8) is 0 Å². The average Bonchev–Trinajstić information content (AvgIpc) is 3.16. The van der Waals surface area contributed by atoms with Crippen LogP contribution < -0.4 is 5.32 Å². The topological polar surface area (TPSA) is 55.1 Å². The lowest BCUT2D eigenvalue weighted by Crippen LogP contribution is -2.24. The lowest BCUT2D eigenvalue weighted by atomic mass is 10.0. The number of nitrogens with one attached hydrogen (secondary N) is 1. The smallest absolute Gasteiger partial charge is 0.244 e. The van der Waals surface area contributed by atoms with Gasteiger partial charge in [-0.2, -0.15) is 0 Å². The molecule has 1 amide bonds. The summed E-state index contributed by atoms with van der Waals surface area (Å²) in [5.74, 6) is 0.579. The van der Waals surface area contributed by atoms with E-state index in [1.54, 1.807) is 18.3 Å². The van der Waals surface area contributed by atoms with Crippen molar-refractivity contribution in [2.75, 3.05) is 0 Å². The number of benzene rings is 2. The van der Waals surface area contributed by atoms with Crippen molar-refractivity contribution in [2.24, 2.45) is 0 Å². The van der Waals surface area contributed by atoms with Crippen molar-refractivity contribution in [3.8, 4) is 11.3 Å². The molecule has 1 atom stereocenters. The van der Waals surface area contributed by atoms with E-state index in [-0.39, 0.29) is 11.9 Å². The van der Waals surface area contributed by atoms with Crippen LogP contribution in [0.5, 0.6) is 0 Å². The maximum absolute atomic E-state index is 12.1. The summed E-state index contributed by atoms with van der Waals surface area (Å²) in [6.07, 6.45) is 6.42. The van der Waals surface area contributed by atoms with E-state index in [2.05, 4.69) is 10.3 Å². The van der Waals surface area contributed by atoms with Crippen LogP contribution in [-0.2, 0) is 4.79 Å². The minimum Gasteiger partial charge on any atom is -0.444 e. The van der Waals surface area contributed by atoms with E-state index >= 15 is 0 Å². The van der Waals surface area contributed by atoms with Gasteiger partial charge in [-0.05, 0) is 30.2 Å². The molecular weight excluding hydrogens is 300 g/mol. The van der Waals surface area contributed by atoms with Gasteiger partial charge in [0.15, 0.2) is 12.2 Å². The minimum atomic E-state index is -0.128. The van der Waals surface area contributed by atoms with Gasteiger partial charge in [-0.15, -0.1) is 0 Å². The third kappa shape index (κ3) is 3.98. The highest BCUT2D eigenvalue weighted by Gasteiger charge is 2.09. The molecule has 1 heterocycles. The van der Waals surface area contributed by atoms with Crippen LogP contribution in [0.4, 0.5) is 0 Å². The molecule has 0 aliphatic heterocycles. The van der Waals surface area contributed by atoms with Crippen LogP contribution in [0.15, 0.2) is 77.7 Å². The van der Waals surface area contributed by atoms with Crippen molar-refractivity contribution in [1.82, 2.24) is 10.3 Å². The summed E-state index contributed by atoms with van der Waals surface area (Å²) in [6.45, 7) is 1.95. The second kappa shape index (κ2) is 7.42. The first-order valence-electron chi connectivity index (χ1n) is 7.75. The second-order valence-corrected chi connectivity index (χ2v) is 5.47. The van der Waals surface area contributed by atoms with Gasteiger partial charge in [0.2, 0.25) is 5.91 Å². The molecule has 3 aromatic rings. The molecule has 3 rings (SSSR count). The Hall–Kier alpha value is -3.14. The molecule has 0 aliphatic rings. The third-order valence-corrected chi connectivity index (χ3v) is 3.69. The van der Waals surface area contributed by atoms with Crippen LogP contribution >= 0.6 is 0 Å². The molecule has 120 valence electrons. The summed E-state index contributed by atoms with van der Waals surface area (Å²) in [5, 5.41) is 2.97. The zero-order chi connectivity index (χ0) is 16.8. The van der Waals surface area contributed by atoms with Gasteiger partial charge in [-0.3, -0.25) is 4.79 Å². The average molecular weight is 318 g/mol. The summed E-state index contributed by atoms with van der Waals surface area (Å²) < 4.78 is 5.31. The van der Waals surface area contributed by atoms with Crippen molar-refractivity contribution in [3.05, 3.63) is 84.4 Å². The minimum absolute atomic E-state index is 0.110. The van der Waals surface area contributed by atoms with Gasteiger partial charge in [-0.25, -0.2) is 4.98 Å². The summed E-state index contributed by atoms with van der Waals surface area (Å²) in [7, 11) is 0. The van der Waals surface area contributed by atoms with Gasteiger partial charge < -0.3 is 9.73 Å². The number of oxazole rings is 1. The van der Waals surface area contributed by atoms with Crippen molar-refractivity contribution < 1.29 is 9.21 Å².